The first-order valence-electron chi connectivity index (χ1n) is 5.10. The van der Waals surface area contributed by atoms with E-state index in [1.165, 1.54) is 22.3 Å². The monoisotopic (exact) mass is 291 g/mol. The summed E-state index contributed by atoms with van der Waals surface area (Å²) in [4.78, 5) is 0. The summed E-state index contributed by atoms with van der Waals surface area (Å²) in [6.07, 6.45) is 12.6. The van der Waals surface area contributed by atoms with Gasteiger partial charge in [-0.1, -0.05) is 26.7 Å². The zero-order valence-electron chi connectivity index (χ0n) is 11.1. The predicted octanol–water partition coefficient (Wildman–Crippen LogP) is 4.62. The van der Waals surface area contributed by atoms with Crippen LogP contribution >= 0.6 is 0 Å². The molecule has 0 spiro atoms. The molecule has 0 nitrogen and oxygen atoms in total. The van der Waals surface area contributed by atoms with Gasteiger partial charge in [0.15, 0.2) is 0 Å². The second-order valence-electron chi connectivity index (χ2n) is 3.92. The van der Waals surface area contributed by atoms with Crippen LogP contribution in [0.25, 0.3) is 0 Å². The van der Waals surface area contributed by atoms with Crippen molar-refractivity contribution in [3.8, 4) is 0 Å². The maximum Gasteiger partial charge on any atom is 3.00 e. The molecule has 2 aliphatic carbocycles. The van der Waals surface area contributed by atoms with Crippen molar-refractivity contribution >= 4 is 0 Å². The zero-order valence-corrected chi connectivity index (χ0v) is 13.5. The normalized spacial score (nSPS) is 16.8. The van der Waals surface area contributed by atoms with Crippen molar-refractivity contribution in [2.75, 3.05) is 0 Å². The van der Waals surface area contributed by atoms with E-state index in [-0.39, 0.29) is 33.6 Å². The molecule has 85 valence electrons. The van der Waals surface area contributed by atoms with Gasteiger partial charge in [0, 0.05) is 0 Å². The topological polar surface area (TPSA) is 0 Å². The molecule has 0 aromatic carbocycles. The van der Waals surface area contributed by atoms with Gasteiger partial charge >= 0.3 is 26.2 Å². The Bertz CT molecular complexity index is 293. The predicted molar refractivity (Wildman–Crippen MR) is 68.0 cm³/mol. The summed E-state index contributed by atoms with van der Waals surface area (Å²) in [6.45, 7) is 8.48. The van der Waals surface area contributed by atoms with Crippen LogP contribution in [0.15, 0.2) is 34.4 Å². The fourth-order valence-corrected chi connectivity index (χ4v) is 1.27. The van der Waals surface area contributed by atoms with Gasteiger partial charge in [-0.15, -0.1) is 13.8 Å². The van der Waals surface area contributed by atoms with Crippen LogP contribution in [0.3, 0.4) is 0 Å². The second kappa shape index (κ2) is 8.93. The van der Waals surface area contributed by atoms with Crippen LogP contribution in [0, 0.1) is 19.6 Å². The Kier molecular flexibility index (Phi) is 10.2. The largest absolute Gasteiger partial charge is 3.00 e. The van der Waals surface area contributed by atoms with Gasteiger partial charge in [0.1, 0.15) is 0 Å². The quantitative estimate of drug-likeness (QED) is 0.572. The van der Waals surface area contributed by atoms with Crippen LogP contribution in [-0.2, 0) is 26.2 Å². The fraction of sp³-hybridized carbons (Fsp3) is 0.400. The third-order valence-corrected chi connectivity index (χ3v) is 2.73. The van der Waals surface area contributed by atoms with Gasteiger partial charge in [-0.3, -0.25) is 12.2 Å². The van der Waals surface area contributed by atoms with Crippen LogP contribution < -0.4 is 0 Å². The molecule has 1 heteroatoms. The average Bonchev–Trinajstić information content (AvgIpc) is 2.67. The molecule has 0 aliphatic heterocycles. The first kappa shape index (κ1) is 18.2. The summed E-state index contributed by atoms with van der Waals surface area (Å²) in [5.41, 5.74) is 5.56. The van der Waals surface area contributed by atoms with Crippen LogP contribution in [0.5, 0.6) is 0 Å². The van der Waals surface area contributed by atoms with E-state index < -0.39 is 0 Å². The SMILES string of the molecule is CC1=C(C)CC=[C-]1.CC1=C(C)CC=[C-]1.[CH3-].[Zr+3]. The van der Waals surface area contributed by atoms with Gasteiger partial charge in [0.2, 0.25) is 0 Å². The Balaban J connectivity index is 0. The third-order valence-electron chi connectivity index (χ3n) is 2.73. The fourth-order valence-electron chi connectivity index (χ4n) is 1.27. The standard InChI is InChI=1S/2C7H9.CH3.Zr/c2*1-6-4-3-5-7(6)2;;/h2*3H,4H2,1-2H3;1H3;/q3*-1;+3. The van der Waals surface area contributed by atoms with Crippen molar-refractivity contribution in [3.63, 3.8) is 0 Å². The van der Waals surface area contributed by atoms with Crippen molar-refractivity contribution in [2.24, 2.45) is 0 Å². The minimum Gasteiger partial charge on any atom is -0.358 e. The molecule has 0 bridgehead atoms. The smallest absolute Gasteiger partial charge is 0.358 e. The molecule has 2 aliphatic rings. The average molecular weight is 293 g/mol. The maximum atomic E-state index is 3.12. The minimum atomic E-state index is 0. The van der Waals surface area contributed by atoms with Gasteiger partial charge in [0.05, 0.1) is 0 Å². The summed E-state index contributed by atoms with van der Waals surface area (Å²) in [7, 11) is 0. The van der Waals surface area contributed by atoms with Gasteiger partial charge in [-0.25, -0.2) is 22.3 Å². The van der Waals surface area contributed by atoms with Crippen molar-refractivity contribution in [1.29, 1.82) is 0 Å². The van der Waals surface area contributed by atoms with Gasteiger partial charge < -0.3 is 7.43 Å². The first-order chi connectivity index (χ1) is 6.61. The molecule has 16 heavy (non-hydrogen) atoms. The van der Waals surface area contributed by atoms with E-state index in [4.69, 9.17) is 0 Å². The Labute approximate surface area is 120 Å². The molecule has 0 N–H and O–H groups in total. The molecule has 0 aromatic rings. The van der Waals surface area contributed by atoms with Crippen molar-refractivity contribution in [1.82, 2.24) is 0 Å². The molecule has 0 unspecified atom stereocenters. The molecule has 2 rings (SSSR count). The van der Waals surface area contributed by atoms with E-state index in [0.29, 0.717) is 0 Å². The van der Waals surface area contributed by atoms with E-state index in [0.717, 1.165) is 12.8 Å². The van der Waals surface area contributed by atoms with Crippen LogP contribution in [0.1, 0.15) is 40.5 Å². The summed E-state index contributed by atoms with van der Waals surface area (Å²) >= 11 is 0. The molecular weight excluding hydrogens is 271 g/mol. The van der Waals surface area contributed by atoms with Crippen LogP contribution in [-0.4, -0.2) is 0 Å². The summed E-state index contributed by atoms with van der Waals surface area (Å²) in [5, 5.41) is 0. The van der Waals surface area contributed by atoms with Crippen LogP contribution in [0.2, 0.25) is 0 Å². The molecule has 0 atom stereocenters. The van der Waals surface area contributed by atoms with E-state index >= 15 is 0 Å². The Morgan fingerprint density at radius 1 is 0.812 bits per heavy atom. The van der Waals surface area contributed by atoms with Gasteiger partial charge in [-0.2, -0.15) is 12.2 Å². The molecule has 0 saturated carbocycles. The molecule has 1 radical (unpaired) electrons. The number of allylic oxidation sites excluding steroid dienone is 8. The van der Waals surface area contributed by atoms with Crippen molar-refractivity contribution in [2.45, 2.75) is 40.5 Å². The zero-order chi connectivity index (χ0) is 10.6. The number of rotatable bonds is 0. The molecule has 0 aromatic heterocycles. The third kappa shape index (κ3) is 5.80. The number of hydrogen-bond acceptors (Lipinski definition) is 0. The second-order valence-corrected chi connectivity index (χ2v) is 3.92. The van der Waals surface area contributed by atoms with E-state index in [9.17, 15) is 0 Å². The minimum absolute atomic E-state index is 0. The van der Waals surface area contributed by atoms with E-state index in [2.05, 4.69) is 52.0 Å². The van der Waals surface area contributed by atoms with Gasteiger partial charge in [-0.05, 0) is 0 Å². The Hall–Kier alpha value is -0.157. The van der Waals surface area contributed by atoms with Crippen molar-refractivity contribution in [3.05, 3.63) is 54.0 Å². The first-order valence-corrected chi connectivity index (χ1v) is 5.10. The molecule has 0 fully saturated rings. The molecule has 0 heterocycles. The molecule has 0 saturated heterocycles. The van der Waals surface area contributed by atoms with Crippen LogP contribution in [0.4, 0.5) is 0 Å². The Morgan fingerprint density at radius 2 is 1.12 bits per heavy atom. The Morgan fingerprint density at radius 3 is 1.19 bits per heavy atom. The summed E-state index contributed by atoms with van der Waals surface area (Å²) < 4.78 is 0. The summed E-state index contributed by atoms with van der Waals surface area (Å²) in [5.74, 6) is 0. The summed E-state index contributed by atoms with van der Waals surface area (Å²) in [6, 6.07) is 0. The number of hydrogen-bond donors (Lipinski definition) is 0. The van der Waals surface area contributed by atoms with E-state index in [1.807, 2.05) is 0 Å². The molecule has 0 amide bonds. The van der Waals surface area contributed by atoms with E-state index in [1.54, 1.807) is 0 Å². The van der Waals surface area contributed by atoms with Gasteiger partial charge in [0.25, 0.3) is 0 Å². The maximum absolute atomic E-state index is 3.12. The molecular formula is C15H21Zr. The van der Waals surface area contributed by atoms with Crippen molar-refractivity contribution < 1.29 is 26.2 Å².